The van der Waals surface area contributed by atoms with E-state index in [0.717, 1.165) is 30.1 Å². The maximum Gasteiger partial charge on any atom is 0.126 e. The normalized spacial score (nSPS) is 21.1. The van der Waals surface area contributed by atoms with Gasteiger partial charge >= 0.3 is 0 Å². The molecule has 0 aliphatic carbocycles. The molecule has 3 heteroatoms. The first kappa shape index (κ1) is 15.2. The SMILES string of the molecule is COc1cccc(N2CCC(C(C)(C)C)C2)c1C(C)O. The first-order valence-electron chi connectivity index (χ1n) is 7.44. The van der Waals surface area contributed by atoms with Gasteiger partial charge in [0, 0.05) is 24.3 Å². The number of ether oxygens (including phenoxy) is 1. The molecule has 1 aromatic carbocycles. The van der Waals surface area contributed by atoms with Crippen molar-refractivity contribution < 1.29 is 9.84 Å². The summed E-state index contributed by atoms with van der Waals surface area (Å²) in [5.41, 5.74) is 2.36. The van der Waals surface area contributed by atoms with Crippen LogP contribution in [0.2, 0.25) is 0 Å². The molecule has 2 unspecified atom stereocenters. The Balaban J connectivity index is 2.30. The van der Waals surface area contributed by atoms with E-state index in [4.69, 9.17) is 4.74 Å². The van der Waals surface area contributed by atoms with Crippen LogP contribution in [0.1, 0.15) is 45.8 Å². The van der Waals surface area contributed by atoms with Crippen molar-refractivity contribution in [3.8, 4) is 5.75 Å². The van der Waals surface area contributed by atoms with Crippen molar-refractivity contribution >= 4 is 5.69 Å². The van der Waals surface area contributed by atoms with Gasteiger partial charge in [-0.1, -0.05) is 26.8 Å². The monoisotopic (exact) mass is 277 g/mol. The minimum atomic E-state index is -0.519. The second-order valence-electron chi connectivity index (χ2n) is 6.87. The number of hydrogen-bond donors (Lipinski definition) is 1. The van der Waals surface area contributed by atoms with Crippen LogP contribution in [0.25, 0.3) is 0 Å². The summed E-state index contributed by atoms with van der Waals surface area (Å²) in [5, 5.41) is 10.1. The van der Waals surface area contributed by atoms with E-state index in [9.17, 15) is 5.11 Å². The summed E-state index contributed by atoms with van der Waals surface area (Å²) in [5.74, 6) is 1.47. The lowest BCUT2D eigenvalue weighted by Crippen LogP contribution is -2.26. The summed E-state index contributed by atoms with van der Waals surface area (Å²) in [6.45, 7) is 10.8. The van der Waals surface area contributed by atoms with Crippen LogP contribution in [0.4, 0.5) is 5.69 Å². The summed E-state index contributed by atoms with van der Waals surface area (Å²) in [4.78, 5) is 2.39. The fraction of sp³-hybridized carbons (Fsp3) is 0.647. The van der Waals surface area contributed by atoms with Crippen molar-refractivity contribution in [2.75, 3.05) is 25.1 Å². The van der Waals surface area contributed by atoms with Crippen LogP contribution >= 0.6 is 0 Å². The van der Waals surface area contributed by atoms with Crippen LogP contribution in [-0.2, 0) is 0 Å². The number of hydrogen-bond acceptors (Lipinski definition) is 3. The number of nitrogens with zero attached hydrogens (tertiary/aromatic N) is 1. The molecule has 0 radical (unpaired) electrons. The Morgan fingerprint density at radius 2 is 2.05 bits per heavy atom. The smallest absolute Gasteiger partial charge is 0.126 e. The van der Waals surface area contributed by atoms with E-state index < -0.39 is 6.10 Å². The Kier molecular flexibility index (Phi) is 4.28. The van der Waals surface area contributed by atoms with Crippen molar-refractivity contribution in [2.24, 2.45) is 11.3 Å². The Labute approximate surface area is 122 Å². The average Bonchev–Trinajstić information content (AvgIpc) is 2.86. The molecule has 1 fully saturated rings. The molecule has 1 heterocycles. The maximum atomic E-state index is 10.1. The molecule has 1 N–H and O–H groups in total. The molecule has 112 valence electrons. The van der Waals surface area contributed by atoms with Crippen molar-refractivity contribution in [1.82, 2.24) is 0 Å². The van der Waals surface area contributed by atoms with E-state index in [-0.39, 0.29) is 0 Å². The van der Waals surface area contributed by atoms with E-state index in [0.29, 0.717) is 11.3 Å². The predicted octanol–water partition coefficient (Wildman–Crippen LogP) is 3.62. The van der Waals surface area contributed by atoms with Crippen LogP contribution in [0.5, 0.6) is 5.75 Å². The van der Waals surface area contributed by atoms with Crippen LogP contribution < -0.4 is 9.64 Å². The minimum absolute atomic E-state index is 0.332. The van der Waals surface area contributed by atoms with Gasteiger partial charge in [0.1, 0.15) is 5.75 Å². The molecule has 0 saturated carbocycles. The largest absolute Gasteiger partial charge is 0.496 e. The number of anilines is 1. The lowest BCUT2D eigenvalue weighted by molar-refractivity contribution is 0.194. The molecule has 1 aromatic rings. The molecule has 0 amide bonds. The second kappa shape index (κ2) is 5.65. The molecule has 0 bridgehead atoms. The number of rotatable bonds is 3. The Bertz CT molecular complexity index is 463. The van der Waals surface area contributed by atoms with Gasteiger partial charge in [0.15, 0.2) is 0 Å². The zero-order valence-corrected chi connectivity index (χ0v) is 13.3. The quantitative estimate of drug-likeness (QED) is 0.916. The summed E-state index contributed by atoms with van der Waals surface area (Å²) in [6.07, 6.45) is 0.690. The van der Waals surface area contributed by atoms with Crippen molar-refractivity contribution in [3.05, 3.63) is 23.8 Å². The van der Waals surface area contributed by atoms with Crippen molar-refractivity contribution in [3.63, 3.8) is 0 Å². The maximum absolute atomic E-state index is 10.1. The molecular weight excluding hydrogens is 250 g/mol. The highest BCUT2D eigenvalue weighted by Crippen LogP contribution is 2.40. The standard InChI is InChI=1S/C17H27NO2/c1-12(19)16-14(7-6-8-15(16)20-5)18-10-9-13(11-18)17(2,3)4/h6-8,12-13,19H,9-11H2,1-5H3. The van der Waals surface area contributed by atoms with Gasteiger partial charge in [-0.05, 0) is 36.8 Å². The number of benzene rings is 1. The lowest BCUT2D eigenvalue weighted by Gasteiger charge is -2.29. The summed E-state index contributed by atoms with van der Waals surface area (Å²) in [7, 11) is 1.66. The average molecular weight is 277 g/mol. The van der Waals surface area contributed by atoms with Gasteiger partial charge in [0.2, 0.25) is 0 Å². The molecule has 20 heavy (non-hydrogen) atoms. The number of aliphatic hydroxyl groups excluding tert-OH is 1. The minimum Gasteiger partial charge on any atom is -0.496 e. The van der Waals surface area contributed by atoms with E-state index in [1.165, 1.54) is 6.42 Å². The summed E-state index contributed by atoms with van der Waals surface area (Å²) in [6, 6.07) is 6.02. The fourth-order valence-electron chi connectivity index (χ4n) is 3.09. The van der Waals surface area contributed by atoms with Crippen LogP contribution in [0.15, 0.2) is 18.2 Å². The highest BCUT2D eigenvalue weighted by molar-refractivity contribution is 5.61. The lowest BCUT2D eigenvalue weighted by atomic mass is 9.80. The van der Waals surface area contributed by atoms with E-state index in [2.05, 4.69) is 31.7 Å². The topological polar surface area (TPSA) is 32.7 Å². The first-order valence-corrected chi connectivity index (χ1v) is 7.44. The second-order valence-corrected chi connectivity index (χ2v) is 6.87. The summed E-state index contributed by atoms with van der Waals surface area (Å²) < 4.78 is 5.41. The molecular formula is C17H27NO2. The van der Waals surface area contributed by atoms with Gasteiger partial charge in [-0.3, -0.25) is 0 Å². The number of aliphatic hydroxyl groups is 1. The predicted molar refractivity (Wildman–Crippen MR) is 83.4 cm³/mol. The van der Waals surface area contributed by atoms with Gasteiger partial charge in [-0.2, -0.15) is 0 Å². The third-order valence-electron chi connectivity index (χ3n) is 4.43. The Hall–Kier alpha value is -1.22. The molecule has 0 aromatic heterocycles. The van der Waals surface area contributed by atoms with Gasteiger partial charge < -0.3 is 14.7 Å². The molecule has 2 atom stereocenters. The third kappa shape index (κ3) is 2.93. The molecule has 0 spiro atoms. The zero-order chi connectivity index (χ0) is 14.9. The molecule has 3 nitrogen and oxygen atoms in total. The highest BCUT2D eigenvalue weighted by atomic mass is 16.5. The number of methoxy groups -OCH3 is 1. The van der Waals surface area contributed by atoms with Crippen LogP contribution in [0.3, 0.4) is 0 Å². The van der Waals surface area contributed by atoms with E-state index in [1.54, 1.807) is 14.0 Å². The third-order valence-corrected chi connectivity index (χ3v) is 4.43. The summed E-state index contributed by atoms with van der Waals surface area (Å²) >= 11 is 0. The van der Waals surface area contributed by atoms with E-state index >= 15 is 0 Å². The van der Waals surface area contributed by atoms with Crippen LogP contribution in [0, 0.1) is 11.3 Å². The van der Waals surface area contributed by atoms with Crippen molar-refractivity contribution in [2.45, 2.75) is 40.2 Å². The van der Waals surface area contributed by atoms with Gasteiger partial charge in [0.05, 0.1) is 13.2 Å². The molecule has 2 rings (SSSR count). The molecule has 1 aliphatic rings. The molecule has 1 saturated heterocycles. The molecule has 1 aliphatic heterocycles. The van der Waals surface area contributed by atoms with Crippen molar-refractivity contribution in [1.29, 1.82) is 0 Å². The Morgan fingerprint density at radius 1 is 1.35 bits per heavy atom. The first-order chi connectivity index (χ1) is 9.34. The highest BCUT2D eigenvalue weighted by Gasteiger charge is 2.33. The van der Waals surface area contributed by atoms with E-state index in [1.807, 2.05) is 12.1 Å². The van der Waals surface area contributed by atoms with Gasteiger partial charge in [-0.15, -0.1) is 0 Å². The Morgan fingerprint density at radius 3 is 2.55 bits per heavy atom. The van der Waals surface area contributed by atoms with Gasteiger partial charge in [0.25, 0.3) is 0 Å². The van der Waals surface area contributed by atoms with Crippen LogP contribution in [-0.4, -0.2) is 25.3 Å². The zero-order valence-electron chi connectivity index (χ0n) is 13.3. The fourth-order valence-corrected chi connectivity index (χ4v) is 3.09. The van der Waals surface area contributed by atoms with Gasteiger partial charge in [-0.25, -0.2) is 0 Å².